The maximum Gasteiger partial charge on any atom is 0.220 e. The summed E-state index contributed by atoms with van der Waals surface area (Å²) >= 11 is 3.36. The van der Waals surface area contributed by atoms with Crippen LogP contribution < -0.4 is 5.32 Å². The van der Waals surface area contributed by atoms with Crippen molar-refractivity contribution < 1.29 is 9.53 Å². The van der Waals surface area contributed by atoms with E-state index < -0.39 is 0 Å². The summed E-state index contributed by atoms with van der Waals surface area (Å²) in [7, 11) is 1.74. The van der Waals surface area contributed by atoms with E-state index in [1.54, 1.807) is 7.11 Å². The van der Waals surface area contributed by atoms with E-state index in [1.165, 1.54) is 0 Å². The predicted molar refractivity (Wildman–Crippen MR) is 64.2 cm³/mol. The van der Waals surface area contributed by atoms with Crippen LogP contribution in [-0.4, -0.2) is 30.5 Å². The third-order valence-electron chi connectivity index (χ3n) is 2.87. The minimum atomic E-state index is 0.192. The highest BCUT2D eigenvalue weighted by Crippen LogP contribution is 2.21. The van der Waals surface area contributed by atoms with Crippen molar-refractivity contribution in [3.05, 3.63) is 0 Å². The topological polar surface area (TPSA) is 38.3 Å². The molecule has 2 unspecified atom stereocenters. The molecule has 1 aliphatic carbocycles. The number of amides is 1. The van der Waals surface area contributed by atoms with Gasteiger partial charge in [0.25, 0.3) is 0 Å². The van der Waals surface area contributed by atoms with Crippen LogP contribution >= 0.6 is 15.9 Å². The third kappa shape index (κ3) is 4.98. The van der Waals surface area contributed by atoms with Gasteiger partial charge in [0.1, 0.15) is 0 Å². The Hall–Kier alpha value is -0.0900. The van der Waals surface area contributed by atoms with Crippen LogP contribution in [0.25, 0.3) is 0 Å². The molecule has 0 spiro atoms. The number of methoxy groups -OCH3 is 1. The molecule has 0 bridgehead atoms. The van der Waals surface area contributed by atoms with Crippen LogP contribution in [0.3, 0.4) is 0 Å². The minimum absolute atomic E-state index is 0.192. The highest BCUT2D eigenvalue weighted by atomic mass is 79.9. The molecule has 0 saturated heterocycles. The van der Waals surface area contributed by atoms with Gasteiger partial charge >= 0.3 is 0 Å². The molecule has 0 heterocycles. The van der Waals surface area contributed by atoms with Crippen LogP contribution in [-0.2, 0) is 9.53 Å². The zero-order chi connectivity index (χ0) is 11.1. The van der Waals surface area contributed by atoms with Crippen molar-refractivity contribution in [2.75, 3.05) is 12.4 Å². The van der Waals surface area contributed by atoms with Crippen molar-refractivity contribution in [1.29, 1.82) is 0 Å². The zero-order valence-corrected chi connectivity index (χ0v) is 10.9. The number of carbonyl (C=O) groups is 1. The standard InChI is InChI=1S/C11H20BrNO2/c1-15-10-6-5-9(8-10)13-11(14)4-2-3-7-12/h9-10H,2-8H2,1H3,(H,13,14). The fourth-order valence-electron chi connectivity index (χ4n) is 1.97. The molecule has 1 N–H and O–H groups in total. The summed E-state index contributed by atoms with van der Waals surface area (Å²) in [6.07, 6.45) is 6.14. The molecule has 1 amide bonds. The number of rotatable bonds is 6. The van der Waals surface area contributed by atoms with Crippen LogP contribution in [0, 0.1) is 0 Å². The van der Waals surface area contributed by atoms with Gasteiger partial charge in [0.15, 0.2) is 0 Å². The summed E-state index contributed by atoms with van der Waals surface area (Å²) in [5.74, 6) is 0.192. The average molecular weight is 278 g/mol. The Morgan fingerprint density at radius 1 is 1.47 bits per heavy atom. The van der Waals surface area contributed by atoms with Crippen LogP contribution in [0.5, 0.6) is 0 Å². The van der Waals surface area contributed by atoms with Gasteiger partial charge in [0.2, 0.25) is 5.91 Å². The summed E-state index contributed by atoms with van der Waals surface area (Å²) in [5, 5.41) is 4.05. The van der Waals surface area contributed by atoms with Gasteiger partial charge in [-0.25, -0.2) is 0 Å². The number of ether oxygens (including phenoxy) is 1. The first-order valence-corrected chi connectivity index (χ1v) is 6.76. The molecule has 0 aromatic heterocycles. The summed E-state index contributed by atoms with van der Waals surface area (Å²) in [4.78, 5) is 11.5. The Kier molecular flexibility index (Phi) is 6.25. The SMILES string of the molecule is COC1CCC(NC(=O)CCCCBr)C1. The van der Waals surface area contributed by atoms with Crippen molar-refractivity contribution in [3.63, 3.8) is 0 Å². The van der Waals surface area contributed by atoms with Crippen molar-refractivity contribution in [2.24, 2.45) is 0 Å². The summed E-state index contributed by atoms with van der Waals surface area (Å²) in [6, 6.07) is 0.339. The van der Waals surface area contributed by atoms with E-state index in [0.717, 1.165) is 37.4 Å². The maximum absolute atomic E-state index is 11.5. The number of alkyl halides is 1. The van der Waals surface area contributed by atoms with Gasteiger partial charge in [-0.1, -0.05) is 15.9 Å². The second kappa shape index (κ2) is 7.23. The highest BCUT2D eigenvalue weighted by molar-refractivity contribution is 9.09. The molecular weight excluding hydrogens is 258 g/mol. The van der Waals surface area contributed by atoms with Gasteiger partial charge in [-0.2, -0.15) is 0 Å². The summed E-state index contributed by atoms with van der Waals surface area (Å²) in [6.45, 7) is 0. The number of unbranched alkanes of at least 4 members (excludes halogenated alkanes) is 1. The minimum Gasteiger partial charge on any atom is -0.381 e. The van der Waals surface area contributed by atoms with Crippen LogP contribution in [0.15, 0.2) is 0 Å². The van der Waals surface area contributed by atoms with E-state index in [2.05, 4.69) is 21.2 Å². The van der Waals surface area contributed by atoms with Crippen molar-refractivity contribution in [2.45, 2.75) is 50.7 Å². The molecule has 0 aromatic rings. The van der Waals surface area contributed by atoms with Crippen molar-refractivity contribution in [1.82, 2.24) is 5.32 Å². The number of nitrogens with one attached hydrogen (secondary N) is 1. The molecule has 0 aliphatic heterocycles. The lowest BCUT2D eigenvalue weighted by Gasteiger charge is -2.12. The summed E-state index contributed by atoms with van der Waals surface area (Å²) < 4.78 is 5.26. The number of hydrogen-bond donors (Lipinski definition) is 1. The van der Waals surface area contributed by atoms with E-state index in [1.807, 2.05) is 0 Å². The lowest BCUT2D eigenvalue weighted by molar-refractivity contribution is -0.121. The van der Waals surface area contributed by atoms with Gasteiger partial charge in [-0.15, -0.1) is 0 Å². The first-order valence-electron chi connectivity index (χ1n) is 5.64. The fraction of sp³-hybridized carbons (Fsp3) is 0.909. The first kappa shape index (κ1) is 13.0. The molecule has 0 radical (unpaired) electrons. The normalized spacial score (nSPS) is 25.5. The molecule has 1 saturated carbocycles. The van der Waals surface area contributed by atoms with E-state index in [4.69, 9.17) is 4.74 Å². The molecule has 2 atom stereocenters. The van der Waals surface area contributed by atoms with Gasteiger partial charge in [-0.3, -0.25) is 4.79 Å². The second-order valence-electron chi connectivity index (χ2n) is 4.08. The Morgan fingerprint density at radius 2 is 2.27 bits per heavy atom. The Morgan fingerprint density at radius 3 is 2.87 bits per heavy atom. The maximum atomic E-state index is 11.5. The first-order chi connectivity index (χ1) is 7.26. The van der Waals surface area contributed by atoms with Gasteiger partial charge in [0, 0.05) is 24.9 Å². The van der Waals surface area contributed by atoms with Gasteiger partial charge < -0.3 is 10.1 Å². The highest BCUT2D eigenvalue weighted by Gasteiger charge is 2.25. The molecular formula is C11H20BrNO2. The lowest BCUT2D eigenvalue weighted by atomic mass is 10.2. The molecule has 1 fully saturated rings. The van der Waals surface area contributed by atoms with Gasteiger partial charge in [0.05, 0.1) is 6.10 Å². The molecule has 1 rings (SSSR count). The van der Waals surface area contributed by atoms with E-state index in [9.17, 15) is 4.79 Å². The van der Waals surface area contributed by atoms with Crippen LogP contribution in [0.1, 0.15) is 38.5 Å². The molecule has 4 heteroatoms. The average Bonchev–Trinajstić information content (AvgIpc) is 2.66. The van der Waals surface area contributed by atoms with E-state index >= 15 is 0 Å². The Balaban J connectivity index is 2.10. The summed E-state index contributed by atoms with van der Waals surface area (Å²) in [5.41, 5.74) is 0. The smallest absolute Gasteiger partial charge is 0.220 e. The number of halogens is 1. The molecule has 0 aromatic carbocycles. The van der Waals surface area contributed by atoms with Gasteiger partial charge in [-0.05, 0) is 32.1 Å². The Labute approximate surface area is 100 Å². The lowest BCUT2D eigenvalue weighted by Crippen LogP contribution is -2.33. The second-order valence-corrected chi connectivity index (χ2v) is 4.87. The quantitative estimate of drug-likeness (QED) is 0.597. The molecule has 3 nitrogen and oxygen atoms in total. The third-order valence-corrected chi connectivity index (χ3v) is 3.43. The van der Waals surface area contributed by atoms with Crippen molar-refractivity contribution >= 4 is 21.8 Å². The largest absolute Gasteiger partial charge is 0.381 e. The van der Waals surface area contributed by atoms with Crippen molar-refractivity contribution in [3.8, 4) is 0 Å². The zero-order valence-electron chi connectivity index (χ0n) is 9.30. The molecule has 88 valence electrons. The molecule has 1 aliphatic rings. The number of carbonyl (C=O) groups excluding carboxylic acids is 1. The van der Waals surface area contributed by atoms with E-state index in [-0.39, 0.29) is 5.91 Å². The molecule has 15 heavy (non-hydrogen) atoms. The van der Waals surface area contributed by atoms with E-state index in [0.29, 0.717) is 18.6 Å². The monoisotopic (exact) mass is 277 g/mol. The fourth-order valence-corrected chi connectivity index (χ4v) is 2.36. The van der Waals surface area contributed by atoms with Crippen LogP contribution in [0.4, 0.5) is 0 Å². The Bertz CT molecular complexity index is 199. The van der Waals surface area contributed by atoms with Crippen LogP contribution in [0.2, 0.25) is 0 Å². The number of hydrogen-bond acceptors (Lipinski definition) is 2. The predicted octanol–water partition coefficient (Wildman–Crippen LogP) is 2.24.